The largest absolute Gasteiger partial charge is 0.326 e. The van der Waals surface area contributed by atoms with Gasteiger partial charge in [-0.15, -0.1) is 0 Å². The van der Waals surface area contributed by atoms with Crippen LogP contribution in [-0.2, 0) is 4.79 Å². The van der Waals surface area contributed by atoms with Crippen LogP contribution in [0.2, 0.25) is 0 Å². The smallest absolute Gasteiger partial charge is 0.227 e. The molecule has 20 heavy (non-hydrogen) atoms. The first kappa shape index (κ1) is 14.0. The summed E-state index contributed by atoms with van der Waals surface area (Å²) < 4.78 is 0. The molecule has 1 aliphatic rings. The van der Waals surface area contributed by atoms with Gasteiger partial charge in [0.25, 0.3) is 0 Å². The van der Waals surface area contributed by atoms with Crippen molar-refractivity contribution in [1.29, 1.82) is 10.5 Å². The Labute approximate surface area is 118 Å². The number of benzene rings is 1. The number of amides is 1. The predicted octanol–water partition coefficient (Wildman–Crippen LogP) is 1.91. The minimum atomic E-state index is -0.780. The van der Waals surface area contributed by atoms with Gasteiger partial charge in [-0.25, -0.2) is 0 Å². The Balaban J connectivity index is 1.97. The second kappa shape index (κ2) is 5.73. The highest BCUT2D eigenvalue weighted by atomic mass is 16.1. The maximum atomic E-state index is 12.1. The third kappa shape index (κ3) is 3.14. The van der Waals surface area contributed by atoms with Crippen molar-refractivity contribution in [2.45, 2.75) is 31.2 Å². The lowest BCUT2D eigenvalue weighted by molar-refractivity contribution is -0.120. The molecule has 0 aliphatic heterocycles. The first-order valence-corrected chi connectivity index (χ1v) is 6.57. The van der Waals surface area contributed by atoms with Crippen LogP contribution in [-0.4, -0.2) is 11.4 Å². The topological polar surface area (TPSA) is 103 Å². The van der Waals surface area contributed by atoms with Crippen LogP contribution in [0, 0.1) is 28.6 Å². The van der Waals surface area contributed by atoms with Crippen molar-refractivity contribution < 1.29 is 4.79 Å². The van der Waals surface area contributed by atoms with Crippen LogP contribution >= 0.6 is 0 Å². The van der Waals surface area contributed by atoms with Crippen LogP contribution in [0.5, 0.6) is 0 Å². The summed E-state index contributed by atoms with van der Waals surface area (Å²) in [5.41, 5.74) is 6.24. The molecular weight excluding hydrogens is 252 g/mol. The van der Waals surface area contributed by atoms with Crippen molar-refractivity contribution in [2.75, 3.05) is 5.32 Å². The molecule has 3 N–H and O–H groups in total. The average Bonchev–Trinajstić information content (AvgIpc) is 2.48. The fourth-order valence-electron chi connectivity index (χ4n) is 2.42. The van der Waals surface area contributed by atoms with Gasteiger partial charge in [-0.3, -0.25) is 4.79 Å². The summed E-state index contributed by atoms with van der Waals surface area (Å²) in [6, 6.07) is 11.0. The number of nitrogens with one attached hydrogen (secondary N) is 1. The molecule has 0 saturated heterocycles. The van der Waals surface area contributed by atoms with Gasteiger partial charge in [0.1, 0.15) is 5.54 Å². The fraction of sp³-hybridized carbons (Fsp3) is 0.400. The maximum Gasteiger partial charge on any atom is 0.227 e. The van der Waals surface area contributed by atoms with E-state index in [2.05, 4.69) is 11.4 Å². The van der Waals surface area contributed by atoms with Gasteiger partial charge in [0.15, 0.2) is 0 Å². The van der Waals surface area contributed by atoms with Crippen LogP contribution in [0.4, 0.5) is 5.69 Å². The van der Waals surface area contributed by atoms with Crippen molar-refractivity contribution in [3.63, 3.8) is 0 Å². The first-order chi connectivity index (χ1) is 9.56. The third-order valence-corrected chi connectivity index (χ3v) is 3.73. The van der Waals surface area contributed by atoms with E-state index in [4.69, 9.17) is 16.3 Å². The zero-order valence-electron chi connectivity index (χ0n) is 11.1. The average molecular weight is 268 g/mol. The normalized spacial score (nSPS) is 25.2. The minimum Gasteiger partial charge on any atom is -0.326 e. The highest BCUT2D eigenvalue weighted by molar-refractivity contribution is 5.92. The van der Waals surface area contributed by atoms with Crippen molar-refractivity contribution in [2.24, 2.45) is 11.7 Å². The summed E-state index contributed by atoms with van der Waals surface area (Å²) in [4.78, 5) is 12.1. The number of carbonyl (C=O) groups excluding carboxylic acids is 1. The highest BCUT2D eigenvalue weighted by Gasteiger charge is 2.34. The Morgan fingerprint density at radius 3 is 2.65 bits per heavy atom. The van der Waals surface area contributed by atoms with E-state index in [0.29, 0.717) is 36.9 Å². The standard InChI is InChI=1S/C15H16N4O/c16-9-11-2-1-3-13(8-11)19-14(20)12-4-6-15(18,10-17)7-5-12/h1-3,8,12H,4-7,18H2,(H,19,20). The number of nitriles is 2. The molecule has 1 amide bonds. The number of rotatable bonds is 2. The van der Waals surface area contributed by atoms with E-state index in [0.717, 1.165) is 0 Å². The molecule has 1 aromatic carbocycles. The van der Waals surface area contributed by atoms with Gasteiger partial charge < -0.3 is 11.1 Å². The molecule has 0 heterocycles. The van der Waals surface area contributed by atoms with Crippen molar-refractivity contribution in [1.82, 2.24) is 0 Å². The lowest BCUT2D eigenvalue weighted by atomic mass is 9.77. The van der Waals surface area contributed by atoms with E-state index >= 15 is 0 Å². The molecule has 2 rings (SSSR count). The Morgan fingerprint density at radius 1 is 1.35 bits per heavy atom. The molecule has 1 aromatic rings. The van der Waals surface area contributed by atoms with Crippen LogP contribution < -0.4 is 11.1 Å². The summed E-state index contributed by atoms with van der Waals surface area (Å²) >= 11 is 0. The lowest BCUT2D eigenvalue weighted by Crippen LogP contribution is -2.43. The number of carbonyl (C=O) groups is 1. The molecule has 0 bridgehead atoms. The molecule has 5 nitrogen and oxygen atoms in total. The van der Waals surface area contributed by atoms with Gasteiger partial charge in [-0.05, 0) is 43.9 Å². The number of anilines is 1. The summed E-state index contributed by atoms with van der Waals surface area (Å²) in [5, 5.41) is 20.6. The molecule has 0 unspecified atom stereocenters. The second-order valence-electron chi connectivity index (χ2n) is 5.22. The van der Waals surface area contributed by atoms with E-state index < -0.39 is 5.54 Å². The summed E-state index contributed by atoms with van der Waals surface area (Å²) in [5.74, 6) is -0.189. The van der Waals surface area contributed by atoms with Crippen LogP contribution in [0.25, 0.3) is 0 Å². The summed E-state index contributed by atoms with van der Waals surface area (Å²) in [7, 11) is 0. The van der Waals surface area contributed by atoms with Gasteiger partial charge in [0.05, 0.1) is 17.7 Å². The molecule has 1 fully saturated rings. The van der Waals surface area contributed by atoms with E-state index in [1.807, 2.05) is 6.07 Å². The van der Waals surface area contributed by atoms with Crippen LogP contribution in [0.15, 0.2) is 24.3 Å². The highest BCUT2D eigenvalue weighted by Crippen LogP contribution is 2.30. The van der Waals surface area contributed by atoms with E-state index in [1.54, 1.807) is 24.3 Å². The Morgan fingerprint density at radius 2 is 2.05 bits per heavy atom. The van der Waals surface area contributed by atoms with Crippen LogP contribution in [0.3, 0.4) is 0 Å². The Bertz CT molecular complexity index is 589. The fourth-order valence-corrected chi connectivity index (χ4v) is 2.42. The predicted molar refractivity (Wildman–Crippen MR) is 74.3 cm³/mol. The number of nitrogens with zero attached hydrogens (tertiary/aromatic N) is 2. The van der Waals surface area contributed by atoms with Gasteiger partial charge in [0, 0.05) is 11.6 Å². The summed E-state index contributed by atoms with van der Waals surface area (Å²) in [6.45, 7) is 0. The van der Waals surface area contributed by atoms with Crippen molar-refractivity contribution in [3.8, 4) is 12.1 Å². The molecule has 0 radical (unpaired) electrons. The lowest BCUT2D eigenvalue weighted by Gasteiger charge is -2.30. The van der Waals surface area contributed by atoms with Crippen molar-refractivity contribution >= 4 is 11.6 Å². The molecule has 0 aromatic heterocycles. The van der Waals surface area contributed by atoms with Gasteiger partial charge in [-0.1, -0.05) is 6.07 Å². The minimum absolute atomic E-state index is 0.0694. The Hall–Kier alpha value is -2.37. The molecule has 102 valence electrons. The molecular formula is C15H16N4O. The maximum absolute atomic E-state index is 12.1. The molecule has 1 saturated carbocycles. The monoisotopic (exact) mass is 268 g/mol. The number of hydrogen-bond acceptors (Lipinski definition) is 4. The van der Waals surface area contributed by atoms with E-state index in [9.17, 15) is 4.79 Å². The molecule has 0 spiro atoms. The van der Waals surface area contributed by atoms with E-state index in [-0.39, 0.29) is 11.8 Å². The number of hydrogen-bond donors (Lipinski definition) is 2. The van der Waals surface area contributed by atoms with Gasteiger partial charge in [0.2, 0.25) is 5.91 Å². The third-order valence-electron chi connectivity index (χ3n) is 3.73. The zero-order valence-corrected chi connectivity index (χ0v) is 11.1. The molecule has 1 aliphatic carbocycles. The van der Waals surface area contributed by atoms with E-state index in [1.165, 1.54) is 0 Å². The number of nitrogens with two attached hydrogens (primary N) is 1. The van der Waals surface area contributed by atoms with Gasteiger partial charge >= 0.3 is 0 Å². The molecule has 5 heteroatoms. The Kier molecular flexibility index (Phi) is 4.02. The zero-order chi connectivity index (χ0) is 14.6. The van der Waals surface area contributed by atoms with Gasteiger partial charge in [-0.2, -0.15) is 10.5 Å². The summed E-state index contributed by atoms with van der Waals surface area (Å²) in [6.07, 6.45) is 2.32. The SMILES string of the molecule is N#Cc1cccc(NC(=O)C2CCC(N)(C#N)CC2)c1. The second-order valence-corrected chi connectivity index (χ2v) is 5.22. The first-order valence-electron chi connectivity index (χ1n) is 6.57. The molecule has 0 atom stereocenters. The van der Waals surface area contributed by atoms with Crippen LogP contribution in [0.1, 0.15) is 31.2 Å². The van der Waals surface area contributed by atoms with Crippen molar-refractivity contribution in [3.05, 3.63) is 29.8 Å². The quantitative estimate of drug-likeness (QED) is 0.855.